The second kappa shape index (κ2) is 6.41. The van der Waals surface area contributed by atoms with Crippen molar-refractivity contribution in [3.8, 4) is 0 Å². The molecule has 0 fully saturated rings. The summed E-state index contributed by atoms with van der Waals surface area (Å²) >= 11 is 0. The van der Waals surface area contributed by atoms with Gasteiger partial charge < -0.3 is 21.7 Å². The lowest BCUT2D eigenvalue weighted by Gasteiger charge is -2.24. The number of para-hydroxylation sites is 1. The van der Waals surface area contributed by atoms with Gasteiger partial charge in [0.2, 0.25) is 11.8 Å². The summed E-state index contributed by atoms with van der Waals surface area (Å²) in [7, 11) is 0. The highest BCUT2D eigenvalue weighted by Crippen LogP contribution is 2.32. The Bertz CT molecular complexity index is 819. The molecule has 7 heteroatoms. The highest BCUT2D eigenvalue weighted by molar-refractivity contribution is 6.05. The molecule has 0 saturated carbocycles. The van der Waals surface area contributed by atoms with Crippen LogP contribution in [0, 0.1) is 0 Å². The minimum Gasteiger partial charge on any atom is -0.351 e. The maximum absolute atomic E-state index is 12.6. The van der Waals surface area contributed by atoms with E-state index in [2.05, 4.69) is 16.0 Å². The number of hydrogen-bond donors (Lipinski definition) is 4. The van der Waals surface area contributed by atoms with Crippen molar-refractivity contribution in [2.75, 3.05) is 16.0 Å². The quantitative estimate of drug-likeness (QED) is 0.694. The molecule has 4 amide bonds. The van der Waals surface area contributed by atoms with Crippen molar-refractivity contribution < 1.29 is 14.4 Å². The van der Waals surface area contributed by atoms with Crippen LogP contribution in [0.5, 0.6) is 0 Å². The van der Waals surface area contributed by atoms with Crippen molar-refractivity contribution in [1.82, 2.24) is 0 Å². The lowest BCUT2D eigenvalue weighted by Crippen LogP contribution is -2.30. The van der Waals surface area contributed by atoms with Crippen LogP contribution in [0.1, 0.15) is 17.9 Å². The van der Waals surface area contributed by atoms with Gasteiger partial charge in [-0.25, -0.2) is 4.79 Å². The zero-order valence-electron chi connectivity index (χ0n) is 12.7. The van der Waals surface area contributed by atoms with E-state index in [1.165, 1.54) is 0 Å². The molecule has 0 bridgehead atoms. The van der Waals surface area contributed by atoms with E-state index in [0.29, 0.717) is 17.1 Å². The molecule has 1 aliphatic rings. The predicted molar refractivity (Wildman–Crippen MR) is 90.7 cm³/mol. The molecular formula is C17H16N4O3. The maximum Gasteiger partial charge on any atom is 0.316 e. The number of urea groups is 1. The maximum atomic E-state index is 12.6. The molecule has 1 unspecified atom stereocenters. The summed E-state index contributed by atoms with van der Waals surface area (Å²) in [6, 6.07) is 13.2. The normalized spacial score (nSPS) is 15.8. The lowest BCUT2D eigenvalue weighted by atomic mass is 9.90. The van der Waals surface area contributed by atoms with Gasteiger partial charge in [-0.15, -0.1) is 0 Å². The van der Waals surface area contributed by atoms with Gasteiger partial charge in [0, 0.05) is 23.5 Å². The minimum absolute atomic E-state index is 0.0854. The molecule has 7 nitrogen and oxygen atoms in total. The van der Waals surface area contributed by atoms with Crippen molar-refractivity contribution in [1.29, 1.82) is 0 Å². The second-order valence-electron chi connectivity index (χ2n) is 5.45. The summed E-state index contributed by atoms with van der Waals surface area (Å²) in [4.78, 5) is 35.3. The van der Waals surface area contributed by atoms with Gasteiger partial charge >= 0.3 is 6.03 Å². The summed E-state index contributed by atoms with van der Waals surface area (Å²) in [6.45, 7) is 0. The number of anilines is 3. The van der Waals surface area contributed by atoms with Crippen LogP contribution in [0.15, 0.2) is 48.5 Å². The number of hydrogen-bond acceptors (Lipinski definition) is 3. The third-order valence-electron chi connectivity index (χ3n) is 3.71. The van der Waals surface area contributed by atoms with Crippen molar-refractivity contribution >= 4 is 34.9 Å². The Kier molecular flexibility index (Phi) is 4.15. The molecule has 122 valence electrons. The average Bonchev–Trinajstić information content (AvgIpc) is 2.53. The fourth-order valence-corrected chi connectivity index (χ4v) is 2.69. The number of rotatable bonds is 3. The number of nitrogens with one attached hydrogen (secondary N) is 3. The number of nitrogens with two attached hydrogens (primary N) is 1. The first-order valence-electron chi connectivity index (χ1n) is 7.39. The van der Waals surface area contributed by atoms with Crippen molar-refractivity contribution in [2.24, 2.45) is 5.73 Å². The van der Waals surface area contributed by atoms with Gasteiger partial charge in [0.25, 0.3) is 0 Å². The van der Waals surface area contributed by atoms with E-state index in [1.807, 2.05) is 12.1 Å². The third-order valence-corrected chi connectivity index (χ3v) is 3.71. The molecule has 2 aromatic rings. The van der Waals surface area contributed by atoms with E-state index >= 15 is 0 Å². The van der Waals surface area contributed by atoms with Gasteiger partial charge in [-0.2, -0.15) is 0 Å². The molecule has 0 saturated heterocycles. The summed E-state index contributed by atoms with van der Waals surface area (Å²) in [5.41, 5.74) is 7.49. The van der Waals surface area contributed by atoms with E-state index in [0.717, 1.165) is 5.56 Å². The Labute approximate surface area is 138 Å². The molecule has 0 aromatic heterocycles. The second-order valence-corrected chi connectivity index (χ2v) is 5.45. The van der Waals surface area contributed by atoms with Gasteiger partial charge in [0.05, 0.1) is 5.92 Å². The van der Waals surface area contributed by atoms with Crippen LogP contribution in [-0.2, 0) is 9.59 Å². The molecule has 0 radical (unpaired) electrons. The SMILES string of the molecule is NC(=O)Nc1cccc(NC(=O)C2CC(=O)Nc3ccccc32)c1. The Morgan fingerprint density at radius 2 is 1.75 bits per heavy atom. The topological polar surface area (TPSA) is 113 Å². The first kappa shape index (κ1) is 15.5. The molecule has 1 aliphatic heterocycles. The number of carbonyl (C=O) groups is 3. The van der Waals surface area contributed by atoms with Gasteiger partial charge in [-0.1, -0.05) is 24.3 Å². The summed E-state index contributed by atoms with van der Waals surface area (Å²) in [5, 5.41) is 7.98. The van der Waals surface area contributed by atoms with Crippen LogP contribution in [0.3, 0.4) is 0 Å². The van der Waals surface area contributed by atoms with Crippen molar-refractivity contribution in [2.45, 2.75) is 12.3 Å². The largest absolute Gasteiger partial charge is 0.351 e. The number of carbonyl (C=O) groups excluding carboxylic acids is 3. The van der Waals surface area contributed by atoms with Gasteiger partial charge in [-0.3, -0.25) is 9.59 Å². The van der Waals surface area contributed by atoms with Gasteiger partial charge in [0.1, 0.15) is 0 Å². The molecular weight excluding hydrogens is 308 g/mol. The smallest absolute Gasteiger partial charge is 0.316 e. The molecule has 24 heavy (non-hydrogen) atoms. The molecule has 2 aromatic carbocycles. The summed E-state index contributed by atoms with van der Waals surface area (Å²) in [6.07, 6.45) is 0.0854. The number of benzene rings is 2. The third kappa shape index (κ3) is 3.35. The zero-order chi connectivity index (χ0) is 17.1. The van der Waals surface area contributed by atoms with E-state index in [4.69, 9.17) is 5.73 Å². The molecule has 1 heterocycles. The monoisotopic (exact) mass is 324 g/mol. The van der Waals surface area contributed by atoms with Crippen LogP contribution in [-0.4, -0.2) is 17.8 Å². The number of fused-ring (bicyclic) bond motifs is 1. The van der Waals surface area contributed by atoms with E-state index in [-0.39, 0.29) is 18.2 Å². The van der Waals surface area contributed by atoms with E-state index in [9.17, 15) is 14.4 Å². The van der Waals surface area contributed by atoms with Crippen LogP contribution < -0.4 is 21.7 Å². The Hall–Kier alpha value is -3.35. The first-order chi connectivity index (χ1) is 11.5. The molecule has 0 spiro atoms. The molecule has 1 atom stereocenters. The van der Waals surface area contributed by atoms with Gasteiger partial charge in [0.15, 0.2) is 0 Å². The Morgan fingerprint density at radius 1 is 1.04 bits per heavy atom. The lowest BCUT2D eigenvalue weighted by molar-refractivity contribution is -0.123. The standard InChI is InChI=1S/C17H16N4O3/c18-17(24)20-11-5-3-4-10(8-11)19-16(23)13-9-15(22)21-14-7-2-1-6-12(13)14/h1-8,13H,9H2,(H,19,23)(H,21,22)(H3,18,20,24). The fourth-order valence-electron chi connectivity index (χ4n) is 2.69. The Balaban J connectivity index is 1.80. The zero-order valence-corrected chi connectivity index (χ0v) is 12.7. The van der Waals surface area contributed by atoms with Crippen LogP contribution in [0.2, 0.25) is 0 Å². The molecule has 0 aliphatic carbocycles. The number of amides is 4. The fraction of sp³-hybridized carbons (Fsp3) is 0.118. The molecule has 5 N–H and O–H groups in total. The summed E-state index contributed by atoms with van der Waals surface area (Å²) in [5.74, 6) is -1.05. The van der Waals surface area contributed by atoms with Crippen LogP contribution in [0.4, 0.5) is 21.9 Å². The summed E-state index contributed by atoms with van der Waals surface area (Å²) < 4.78 is 0. The van der Waals surface area contributed by atoms with E-state index < -0.39 is 11.9 Å². The average molecular weight is 324 g/mol. The first-order valence-corrected chi connectivity index (χ1v) is 7.39. The van der Waals surface area contributed by atoms with Crippen LogP contribution >= 0.6 is 0 Å². The Morgan fingerprint density at radius 3 is 2.50 bits per heavy atom. The van der Waals surface area contributed by atoms with Gasteiger partial charge in [-0.05, 0) is 29.8 Å². The van der Waals surface area contributed by atoms with Crippen molar-refractivity contribution in [3.05, 3.63) is 54.1 Å². The molecule has 3 rings (SSSR count). The number of primary amides is 1. The minimum atomic E-state index is -0.684. The predicted octanol–water partition coefficient (Wildman–Crippen LogP) is 2.24. The van der Waals surface area contributed by atoms with E-state index in [1.54, 1.807) is 36.4 Å². The van der Waals surface area contributed by atoms with Crippen LogP contribution in [0.25, 0.3) is 0 Å². The van der Waals surface area contributed by atoms with Crippen molar-refractivity contribution in [3.63, 3.8) is 0 Å². The highest BCUT2D eigenvalue weighted by Gasteiger charge is 2.30. The highest BCUT2D eigenvalue weighted by atomic mass is 16.2.